The van der Waals surface area contributed by atoms with Gasteiger partial charge in [0.25, 0.3) is 5.91 Å². The van der Waals surface area contributed by atoms with Gasteiger partial charge in [0.15, 0.2) is 0 Å². The van der Waals surface area contributed by atoms with Gasteiger partial charge in [0.2, 0.25) is 0 Å². The van der Waals surface area contributed by atoms with Crippen LogP contribution in [0.1, 0.15) is 50.9 Å². The number of carbonyl (C=O) groups excluding carboxylic acids is 1. The van der Waals surface area contributed by atoms with Crippen LogP contribution in [0.5, 0.6) is 0 Å². The fraction of sp³-hybridized carbons (Fsp3) is 0.435. The molecule has 0 spiro atoms. The minimum Gasteiger partial charge on any atom is -0.348 e. The first kappa shape index (κ1) is 19.9. The van der Waals surface area contributed by atoms with Crippen LogP contribution in [0, 0.1) is 0 Å². The maximum absolute atomic E-state index is 12.5. The van der Waals surface area contributed by atoms with Gasteiger partial charge < -0.3 is 10.2 Å². The van der Waals surface area contributed by atoms with Gasteiger partial charge in [-0.2, -0.15) is 0 Å². The zero-order chi connectivity index (χ0) is 19.2. The van der Waals surface area contributed by atoms with Crippen molar-refractivity contribution in [2.24, 2.45) is 0 Å². The van der Waals surface area contributed by atoms with Gasteiger partial charge in [-0.15, -0.1) is 23.5 Å². The zero-order valence-corrected chi connectivity index (χ0v) is 17.9. The van der Waals surface area contributed by atoms with E-state index >= 15 is 0 Å². The van der Waals surface area contributed by atoms with Crippen LogP contribution < -0.4 is 10.2 Å². The highest BCUT2D eigenvalue weighted by molar-refractivity contribution is 8.16. The average molecular weight is 414 g/mol. The Morgan fingerprint density at radius 2 is 1.54 bits per heavy atom. The fourth-order valence-corrected chi connectivity index (χ4v) is 6.77. The lowest BCUT2D eigenvalue weighted by molar-refractivity contribution is -0.901. The zero-order valence-electron chi connectivity index (χ0n) is 16.3. The smallest absolute Gasteiger partial charge is 0.251 e. The molecular weight excluding hydrogens is 384 g/mol. The predicted molar refractivity (Wildman–Crippen MR) is 120 cm³/mol. The first-order valence-electron chi connectivity index (χ1n) is 10.3. The van der Waals surface area contributed by atoms with Crippen molar-refractivity contribution in [2.75, 3.05) is 24.6 Å². The van der Waals surface area contributed by atoms with E-state index in [1.807, 2.05) is 35.7 Å². The van der Waals surface area contributed by atoms with Crippen LogP contribution in [0.25, 0.3) is 0 Å². The summed E-state index contributed by atoms with van der Waals surface area (Å²) >= 11 is 4.02. The maximum Gasteiger partial charge on any atom is 0.251 e. The van der Waals surface area contributed by atoms with Crippen LogP contribution in [0.15, 0.2) is 48.5 Å². The van der Waals surface area contributed by atoms with Gasteiger partial charge in [-0.3, -0.25) is 4.79 Å². The summed E-state index contributed by atoms with van der Waals surface area (Å²) in [5.74, 6) is 2.47. The summed E-state index contributed by atoms with van der Waals surface area (Å²) in [5.41, 5.74) is 4.60. The molecule has 148 valence electrons. The maximum atomic E-state index is 12.5. The van der Waals surface area contributed by atoms with E-state index in [9.17, 15) is 4.79 Å². The molecule has 5 heteroatoms. The summed E-state index contributed by atoms with van der Waals surface area (Å²) in [6.07, 6.45) is 4.02. The molecule has 4 rings (SSSR count). The summed E-state index contributed by atoms with van der Waals surface area (Å²) in [4.78, 5) is 14.2. The first-order chi connectivity index (χ1) is 13.8. The average Bonchev–Trinajstić information content (AvgIpc) is 3.27. The van der Waals surface area contributed by atoms with Gasteiger partial charge in [-0.1, -0.05) is 36.4 Å². The number of quaternary nitrogens is 1. The van der Waals surface area contributed by atoms with Crippen LogP contribution in [0.3, 0.4) is 0 Å². The highest BCUT2D eigenvalue weighted by Gasteiger charge is 2.17. The molecule has 0 atom stereocenters. The second-order valence-corrected chi connectivity index (χ2v) is 10.4. The van der Waals surface area contributed by atoms with Crippen molar-refractivity contribution in [2.45, 2.75) is 36.9 Å². The normalized spacial score (nSPS) is 18.3. The third-order valence-corrected chi connectivity index (χ3v) is 8.53. The summed E-state index contributed by atoms with van der Waals surface area (Å²) < 4.78 is 0.520. The summed E-state index contributed by atoms with van der Waals surface area (Å²) in [6.45, 7) is 4.30. The molecule has 2 aliphatic rings. The van der Waals surface area contributed by atoms with E-state index in [2.05, 4.69) is 41.7 Å². The lowest BCUT2D eigenvalue weighted by Crippen LogP contribution is -3.08. The van der Waals surface area contributed by atoms with Gasteiger partial charge in [0.05, 0.1) is 17.7 Å². The van der Waals surface area contributed by atoms with Gasteiger partial charge in [-0.05, 0) is 41.2 Å². The standard InChI is InChI=1S/C23H28N2OS2/c26-22(20-8-10-21(11-9-20)23-27-14-3-15-28-23)24-16-18-4-6-19(7-5-18)17-25-12-1-2-13-25/h4-11,23H,1-3,12-17H2,(H,24,26)/p+1. The fourth-order valence-electron chi connectivity index (χ4n) is 3.87. The molecule has 2 N–H and O–H groups in total. The van der Waals surface area contributed by atoms with Crippen molar-refractivity contribution in [3.05, 3.63) is 70.8 Å². The summed E-state index contributed by atoms with van der Waals surface area (Å²) in [7, 11) is 0. The Kier molecular flexibility index (Phi) is 7.00. The largest absolute Gasteiger partial charge is 0.348 e. The monoisotopic (exact) mass is 413 g/mol. The Bertz CT molecular complexity index is 764. The Balaban J connectivity index is 1.27. The summed E-state index contributed by atoms with van der Waals surface area (Å²) in [5, 5.41) is 3.05. The van der Waals surface area contributed by atoms with Crippen molar-refractivity contribution in [3.8, 4) is 0 Å². The van der Waals surface area contributed by atoms with E-state index in [-0.39, 0.29) is 5.91 Å². The van der Waals surface area contributed by atoms with Gasteiger partial charge >= 0.3 is 0 Å². The van der Waals surface area contributed by atoms with Crippen LogP contribution in [-0.2, 0) is 13.1 Å². The molecular formula is C23H29N2OS2+. The molecule has 2 aromatic rings. The molecule has 3 nitrogen and oxygen atoms in total. The Morgan fingerprint density at radius 1 is 0.893 bits per heavy atom. The molecule has 0 aromatic heterocycles. The predicted octanol–water partition coefficient (Wildman–Crippen LogP) is 3.66. The van der Waals surface area contributed by atoms with Crippen molar-refractivity contribution in [3.63, 3.8) is 0 Å². The number of rotatable bonds is 6. The topological polar surface area (TPSA) is 33.5 Å². The second-order valence-electron chi connectivity index (χ2n) is 7.68. The molecule has 0 bridgehead atoms. The Hall–Kier alpha value is -1.43. The van der Waals surface area contributed by atoms with Gasteiger partial charge in [-0.25, -0.2) is 0 Å². The van der Waals surface area contributed by atoms with E-state index in [1.54, 1.807) is 4.90 Å². The second kappa shape index (κ2) is 9.86. The number of likely N-dealkylation sites (tertiary alicyclic amines) is 1. The van der Waals surface area contributed by atoms with E-state index in [0.717, 1.165) is 17.7 Å². The number of hydrogen-bond donors (Lipinski definition) is 2. The molecule has 0 unspecified atom stereocenters. The molecule has 2 saturated heterocycles. The molecule has 2 fully saturated rings. The Morgan fingerprint density at radius 3 is 2.21 bits per heavy atom. The van der Waals surface area contributed by atoms with Crippen molar-refractivity contribution in [1.29, 1.82) is 0 Å². The Labute approximate surface area is 176 Å². The molecule has 2 heterocycles. The number of benzene rings is 2. The molecule has 2 aliphatic heterocycles. The van der Waals surface area contributed by atoms with Crippen molar-refractivity contribution >= 4 is 29.4 Å². The number of thioether (sulfide) groups is 2. The third kappa shape index (κ3) is 5.34. The van der Waals surface area contributed by atoms with E-state index in [4.69, 9.17) is 0 Å². The SMILES string of the molecule is O=C(NCc1ccc(C[NH+]2CCCC2)cc1)c1ccc(C2SCCCS2)cc1. The number of nitrogens with one attached hydrogen (secondary N) is 2. The molecule has 2 aromatic carbocycles. The van der Waals surface area contributed by atoms with Crippen LogP contribution in [-0.4, -0.2) is 30.5 Å². The molecule has 0 saturated carbocycles. The number of amides is 1. The number of hydrogen-bond acceptors (Lipinski definition) is 3. The van der Waals surface area contributed by atoms with Crippen LogP contribution >= 0.6 is 23.5 Å². The highest BCUT2D eigenvalue weighted by atomic mass is 32.2. The molecule has 1 amide bonds. The van der Waals surface area contributed by atoms with Gasteiger partial charge in [0.1, 0.15) is 6.54 Å². The van der Waals surface area contributed by atoms with E-state index < -0.39 is 0 Å². The van der Waals surface area contributed by atoms with Crippen molar-refractivity contribution < 1.29 is 9.69 Å². The highest BCUT2D eigenvalue weighted by Crippen LogP contribution is 2.43. The number of carbonyl (C=O) groups is 1. The molecule has 0 aliphatic carbocycles. The molecule has 28 heavy (non-hydrogen) atoms. The van der Waals surface area contributed by atoms with Crippen LogP contribution in [0.4, 0.5) is 0 Å². The van der Waals surface area contributed by atoms with Crippen molar-refractivity contribution in [1.82, 2.24) is 5.32 Å². The van der Waals surface area contributed by atoms with Crippen LogP contribution in [0.2, 0.25) is 0 Å². The minimum atomic E-state index is 0.00101. The molecule has 0 radical (unpaired) electrons. The summed E-state index contributed by atoms with van der Waals surface area (Å²) in [6, 6.07) is 16.9. The quantitative estimate of drug-likeness (QED) is 0.758. The van der Waals surface area contributed by atoms with E-state index in [1.165, 1.54) is 55.0 Å². The third-order valence-electron chi connectivity index (χ3n) is 5.51. The minimum absolute atomic E-state index is 0.00101. The lowest BCUT2D eigenvalue weighted by atomic mass is 10.1. The lowest BCUT2D eigenvalue weighted by Gasteiger charge is -2.21. The van der Waals surface area contributed by atoms with Gasteiger partial charge in [0, 0.05) is 30.5 Å². The van der Waals surface area contributed by atoms with E-state index in [0.29, 0.717) is 11.1 Å². The first-order valence-corrected chi connectivity index (χ1v) is 12.4.